The fourth-order valence-corrected chi connectivity index (χ4v) is 3.59. The molecule has 2 rings (SSSR count). The summed E-state index contributed by atoms with van der Waals surface area (Å²) < 4.78 is 0. The SMILES string of the molecule is CC(C)C(Nc1ccc([N+](=O)[O-])cc1)C(=O)NC(=O)C1CCCN1C(=O)C(N)CCC(=O)O. The van der Waals surface area contributed by atoms with E-state index in [4.69, 9.17) is 10.8 Å². The van der Waals surface area contributed by atoms with Crippen molar-refractivity contribution in [1.82, 2.24) is 10.2 Å². The first-order valence-corrected chi connectivity index (χ1v) is 10.6. The van der Waals surface area contributed by atoms with Crippen LogP contribution in [0.4, 0.5) is 11.4 Å². The van der Waals surface area contributed by atoms with Gasteiger partial charge in [0.2, 0.25) is 17.7 Å². The average Bonchev–Trinajstić information content (AvgIpc) is 3.25. The molecule has 180 valence electrons. The molecule has 1 aliphatic heterocycles. The third-order valence-corrected chi connectivity index (χ3v) is 5.42. The van der Waals surface area contributed by atoms with E-state index >= 15 is 0 Å². The number of nitro benzene ring substituents is 1. The van der Waals surface area contributed by atoms with Crippen molar-refractivity contribution < 1.29 is 29.2 Å². The van der Waals surface area contributed by atoms with E-state index in [1.807, 2.05) is 0 Å². The van der Waals surface area contributed by atoms with Gasteiger partial charge >= 0.3 is 5.97 Å². The lowest BCUT2D eigenvalue weighted by Gasteiger charge is -2.28. The molecular weight excluding hydrogens is 434 g/mol. The number of carboxylic acid groups (broad SMARTS) is 1. The summed E-state index contributed by atoms with van der Waals surface area (Å²) in [5, 5.41) is 24.9. The number of imide groups is 1. The molecule has 12 heteroatoms. The van der Waals surface area contributed by atoms with Crippen molar-refractivity contribution in [2.45, 2.75) is 57.7 Å². The summed E-state index contributed by atoms with van der Waals surface area (Å²) in [7, 11) is 0. The summed E-state index contributed by atoms with van der Waals surface area (Å²) in [5.41, 5.74) is 6.19. The number of carbonyl (C=O) groups excluding carboxylic acids is 3. The number of nitrogens with one attached hydrogen (secondary N) is 2. The number of rotatable bonds is 10. The normalized spacial score (nSPS) is 17.3. The minimum atomic E-state index is -1.07. The number of amides is 3. The Hall–Kier alpha value is -3.54. The number of nitrogens with two attached hydrogens (primary N) is 1. The highest BCUT2D eigenvalue weighted by Gasteiger charge is 2.37. The summed E-state index contributed by atoms with van der Waals surface area (Å²) >= 11 is 0. The molecule has 1 heterocycles. The Kier molecular flexibility index (Phi) is 8.85. The highest BCUT2D eigenvalue weighted by Crippen LogP contribution is 2.21. The molecule has 3 unspecified atom stereocenters. The number of carbonyl (C=O) groups is 4. The molecule has 1 aliphatic rings. The third-order valence-electron chi connectivity index (χ3n) is 5.42. The zero-order valence-corrected chi connectivity index (χ0v) is 18.5. The molecule has 0 bridgehead atoms. The van der Waals surface area contributed by atoms with Crippen LogP contribution in [0.3, 0.4) is 0 Å². The predicted molar refractivity (Wildman–Crippen MR) is 118 cm³/mol. The Morgan fingerprint density at radius 2 is 1.88 bits per heavy atom. The average molecular weight is 463 g/mol. The smallest absolute Gasteiger partial charge is 0.303 e. The molecule has 0 spiro atoms. The quantitative estimate of drug-likeness (QED) is 0.288. The molecule has 0 aromatic heterocycles. The number of hydrogen-bond donors (Lipinski definition) is 4. The van der Waals surface area contributed by atoms with Gasteiger partial charge in [-0.05, 0) is 37.3 Å². The lowest BCUT2D eigenvalue weighted by molar-refractivity contribution is -0.384. The maximum Gasteiger partial charge on any atom is 0.303 e. The van der Waals surface area contributed by atoms with Gasteiger partial charge in [-0.3, -0.25) is 34.6 Å². The number of nitro groups is 1. The second kappa shape index (κ2) is 11.4. The van der Waals surface area contributed by atoms with Crippen LogP contribution in [0.15, 0.2) is 24.3 Å². The monoisotopic (exact) mass is 463 g/mol. The molecule has 1 aromatic rings. The summed E-state index contributed by atoms with van der Waals surface area (Å²) in [6.07, 6.45) is 0.601. The van der Waals surface area contributed by atoms with Gasteiger partial charge in [0.15, 0.2) is 0 Å². The van der Waals surface area contributed by atoms with E-state index in [0.717, 1.165) is 0 Å². The molecule has 0 radical (unpaired) electrons. The van der Waals surface area contributed by atoms with Crippen molar-refractivity contribution in [3.63, 3.8) is 0 Å². The molecule has 3 amide bonds. The molecule has 1 saturated heterocycles. The Morgan fingerprint density at radius 1 is 1.24 bits per heavy atom. The lowest BCUT2D eigenvalue weighted by atomic mass is 10.0. The van der Waals surface area contributed by atoms with Crippen molar-refractivity contribution in [1.29, 1.82) is 0 Å². The van der Waals surface area contributed by atoms with Crippen LogP contribution in [0.5, 0.6) is 0 Å². The highest BCUT2D eigenvalue weighted by atomic mass is 16.6. The molecular formula is C21H29N5O7. The number of hydrogen-bond acceptors (Lipinski definition) is 8. The van der Waals surface area contributed by atoms with Gasteiger partial charge in [-0.15, -0.1) is 0 Å². The summed E-state index contributed by atoms with van der Waals surface area (Å²) in [4.78, 5) is 60.5. The Balaban J connectivity index is 2.03. The van der Waals surface area contributed by atoms with Crippen LogP contribution in [0.2, 0.25) is 0 Å². The van der Waals surface area contributed by atoms with Crippen LogP contribution in [0, 0.1) is 16.0 Å². The van der Waals surface area contributed by atoms with E-state index < -0.39 is 46.7 Å². The zero-order chi connectivity index (χ0) is 24.7. The van der Waals surface area contributed by atoms with Gasteiger partial charge < -0.3 is 21.1 Å². The Bertz CT molecular complexity index is 903. The summed E-state index contributed by atoms with van der Waals surface area (Å²) in [6.45, 7) is 3.85. The van der Waals surface area contributed by atoms with E-state index in [0.29, 0.717) is 25.1 Å². The minimum Gasteiger partial charge on any atom is -0.481 e. The van der Waals surface area contributed by atoms with Crippen molar-refractivity contribution in [3.8, 4) is 0 Å². The van der Waals surface area contributed by atoms with E-state index in [1.54, 1.807) is 13.8 Å². The second-order valence-electron chi connectivity index (χ2n) is 8.25. The van der Waals surface area contributed by atoms with Gasteiger partial charge in [-0.2, -0.15) is 0 Å². The second-order valence-corrected chi connectivity index (χ2v) is 8.25. The van der Waals surface area contributed by atoms with Crippen LogP contribution in [0.1, 0.15) is 39.5 Å². The summed E-state index contributed by atoms with van der Waals surface area (Å²) in [5.74, 6) is -3.04. The van der Waals surface area contributed by atoms with E-state index in [2.05, 4.69) is 10.6 Å². The molecule has 5 N–H and O–H groups in total. The number of anilines is 1. The van der Waals surface area contributed by atoms with Crippen LogP contribution in [0.25, 0.3) is 0 Å². The molecule has 1 fully saturated rings. The lowest BCUT2D eigenvalue weighted by Crippen LogP contribution is -2.54. The number of likely N-dealkylation sites (tertiary alicyclic amines) is 1. The Morgan fingerprint density at radius 3 is 2.42 bits per heavy atom. The fraction of sp³-hybridized carbons (Fsp3) is 0.524. The van der Waals surface area contributed by atoms with E-state index in [9.17, 15) is 29.3 Å². The number of non-ortho nitro benzene ring substituents is 1. The number of nitrogens with zero attached hydrogens (tertiary/aromatic N) is 2. The van der Waals surface area contributed by atoms with Crippen molar-refractivity contribution in [2.75, 3.05) is 11.9 Å². The Labute approximate surface area is 190 Å². The van der Waals surface area contributed by atoms with Crippen LogP contribution >= 0.6 is 0 Å². The molecule has 0 saturated carbocycles. The van der Waals surface area contributed by atoms with Gasteiger partial charge in [0.25, 0.3) is 5.69 Å². The van der Waals surface area contributed by atoms with Crippen molar-refractivity contribution in [2.24, 2.45) is 11.7 Å². The maximum absolute atomic E-state index is 12.8. The molecule has 12 nitrogen and oxygen atoms in total. The molecule has 1 aromatic carbocycles. The van der Waals surface area contributed by atoms with Crippen LogP contribution in [-0.2, 0) is 19.2 Å². The zero-order valence-electron chi connectivity index (χ0n) is 18.5. The number of aliphatic carboxylic acids is 1. The topological polar surface area (TPSA) is 185 Å². The first kappa shape index (κ1) is 25.7. The van der Waals surface area contributed by atoms with Gasteiger partial charge in [-0.25, -0.2) is 0 Å². The van der Waals surface area contributed by atoms with Gasteiger partial charge in [-0.1, -0.05) is 13.8 Å². The minimum absolute atomic E-state index is 0.0491. The largest absolute Gasteiger partial charge is 0.481 e. The van der Waals surface area contributed by atoms with E-state index in [-0.39, 0.29) is 24.4 Å². The van der Waals surface area contributed by atoms with Crippen molar-refractivity contribution >= 4 is 35.1 Å². The first-order valence-electron chi connectivity index (χ1n) is 10.6. The molecule has 0 aliphatic carbocycles. The van der Waals surface area contributed by atoms with Crippen molar-refractivity contribution in [3.05, 3.63) is 34.4 Å². The standard InChI is InChI=1S/C21H29N5O7/c1-12(2)18(23-13-5-7-14(8-6-13)26(32)33)20(30)24-19(29)16-4-3-11-25(16)21(31)15(22)9-10-17(27)28/h5-8,12,15-16,18,23H,3-4,9-11,22H2,1-2H3,(H,27,28)(H,24,29,30). The van der Waals surface area contributed by atoms with Gasteiger partial charge in [0.1, 0.15) is 12.1 Å². The van der Waals surface area contributed by atoms with Gasteiger partial charge in [0.05, 0.1) is 11.0 Å². The van der Waals surface area contributed by atoms with E-state index in [1.165, 1.54) is 29.2 Å². The fourth-order valence-electron chi connectivity index (χ4n) is 3.59. The van der Waals surface area contributed by atoms with Crippen LogP contribution < -0.4 is 16.4 Å². The predicted octanol–water partition coefficient (Wildman–Crippen LogP) is 0.857. The molecule has 33 heavy (non-hydrogen) atoms. The number of carboxylic acids is 1. The van der Waals surface area contributed by atoms with Gasteiger partial charge in [0, 0.05) is 30.8 Å². The first-order chi connectivity index (χ1) is 15.5. The maximum atomic E-state index is 12.8. The van der Waals surface area contributed by atoms with Crippen LogP contribution in [-0.4, -0.2) is 63.3 Å². The highest BCUT2D eigenvalue weighted by molar-refractivity contribution is 6.02. The summed E-state index contributed by atoms with van der Waals surface area (Å²) in [6, 6.07) is 2.83. The number of benzene rings is 1. The molecule has 3 atom stereocenters. The third kappa shape index (κ3) is 6.97.